The lowest BCUT2D eigenvalue weighted by molar-refractivity contribution is -0.385. The summed E-state index contributed by atoms with van der Waals surface area (Å²) in [4.78, 5) is 34.7. The van der Waals surface area contributed by atoms with Gasteiger partial charge in [0.1, 0.15) is 0 Å². The number of rotatable bonds is 7. The highest BCUT2D eigenvalue weighted by Crippen LogP contribution is 2.26. The van der Waals surface area contributed by atoms with Gasteiger partial charge in [-0.15, -0.1) is 0 Å². The van der Waals surface area contributed by atoms with Gasteiger partial charge in [-0.2, -0.15) is 0 Å². The number of nitro groups is 1. The molecular formula is C21H18N2O6. The Labute approximate surface area is 166 Å². The van der Waals surface area contributed by atoms with E-state index in [-0.39, 0.29) is 11.4 Å². The second-order valence-electron chi connectivity index (χ2n) is 6.16. The van der Waals surface area contributed by atoms with Crippen LogP contribution in [0.15, 0.2) is 66.7 Å². The summed E-state index contributed by atoms with van der Waals surface area (Å²) in [6.07, 6.45) is -1.07. The summed E-state index contributed by atoms with van der Waals surface area (Å²) in [6.45, 7) is 0.875. The molecular weight excluding hydrogens is 376 g/mol. The van der Waals surface area contributed by atoms with Crippen molar-refractivity contribution >= 4 is 34.0 Å². The molecule has 1 N–H and O–H groups in total. The van der Waals surface area contributed by atoms with Crippen molar-refractivity contribution < 1.29 is 24.0 Å². The van der Waals surface area contributed by atoms with Gasteiger partial charge in [-0.1, -0.05) is 48.5 Å². The van der Waals surface area contributed by atoms with Crippen molar-refractivity contribution in [3.8, 4) is 5.75 Å². The molecule has 1 atom stereocenters. The molecule has 0 spiro atoms. The van der Waals surface area contributed by atoms with Crippen molar-refractivity contribution in [3.05, 3.63) is 76.8 Å². The quantitative estimate of drug-likeness (QED) is 0.372. The van der Waals surface area contributed by atoms with Gasteiger partial charge in [-0.3, -0.25) is 14.9 Å². The molecule has 0 unspecified atom stereocenters. The summed E-state index contributed by atoms with van der Waals surface area (Å²) in [5, 5.41) is 15.5. The van der Waals surface area contributed by atoms with Gasteiger partial charge in [-0.25, -0.2) is 4.79 Å². The third-order valence-electron chi connectivity index (χ3n) is 4.13. The molecule has 0 bridgehead atoms. The summed E-state index contributed by atoms with van der Waals surface area (Å²) in [7, 11) is 0. The molecule has 0 fully saturated rings. The number of carbonyl (C=O) groups excluding carboxylic acids is 2. The number of nitro benzene ring substituents is 1. The Kier molecular flexibility index (Phi) is 6.03. The molecule has 0 aliphatic carbocycles. The molecule has 3 rings (SSSR count). The Morgan fingerprint density at radius 2 is 1.72 bits per heavy atom. The Morgan fingerprint density at radius 3 is 2.52 bits per heavy atom. The lowest BCUT2D eigenvalue weighted by atomic mass is 10.1. The number of para-hydroxylation sites is 2. The third-order valence-corrected chi connectivity index (χ3v) is 4.13. The molecule has 0 heterocycles. The van der Waals surface area contributed by atoms with Gasteiger partial charge in [0.15, 0.2) is 18.5 Å². The van der Waals surface area contributed by atoms with Gasteiger partial charge in [0.2, 0.25) is 0 Å². The largest absolute Gasteiger partial charge is 0.475 e. The van der Waals surface area contributed by atoms with Crippen LogP contribution >= 0.6 is 0 Å². The fourth-order valence-corrected chi connectivity index (χ4v) is 2.72. The SMILES string of the molecule is C[C@H](OC(=O)COc1ccccc1[N+](=O)[O-])C(=O)Nc1cccc2ccccc12. The number of benzene rings is 3. The van der Waals surface area contributed by atoms with E-state index >= 15 is 0 Å². The average molecular weight is 394 g/mol. The van der Waals surface area contributed by atoms with E-state index in [1.807, 2.05) is 36.4 Å². The van der Waals surface area contributed by atoms with Crippen LogP contribution in [0.1, 0.15) is 6.92 Å². The van der Waals surface area contributed by atoms with E-state index in [9.17, 15) is 19.7 Å². The fraction of sp³-hybridized carbons (Fsp3) is 0.143. The monoisotopic (exact) mass is 394 g/mol. The van der Waals surface area contributed by atoms with Crippen molar-refractivity contribution in [2.45, 2.75) is 13.0 Å². The van der Waals surface area contributed by atoms with E-state index in [4.69, 9.17) is 9.47 Å². The molecule has 8 nitrogen and oxygen atoms in total. The highest BCUT2D eigenvalue weighted by atomic mass is 16.6. The number of nitrogens with zero attached hydrogens (tertiary/aromatic N) is 1. The van der Waals surface area contributed by atoms with Crippen molar-refractivity contribution in [3.63, 3.8) is 0 Å². The summed E-state index contributed by atoms with van der Waals surface area (Å²) in [5.41, 5.74) is 0.342. The summed E-state index contributed by atoms with van der Waals surface area (Å²) < 4.78 is 10.2. The van der Waals surface area contributed by atoms with E-state index in [1.165, 1.54) is 25.1 Å². The van der Waals surface area contributed by atoms with Gasteiger partial charge >= 0.3 is 11.7 Å². The van der Waals surface area contributed by atoms with Crippen LogP contribution in [-0.4, -0.2) is 29.5 Å². The van der Waals surface area contributed by atoms with E-state index in [2.05, 4.69) is 5.32 Å². The first-order chi connectivity index (χ1) is 14.0. The molecule has 1 amide bonds. The Bertz CT molecular complexity index is 1060. The first kappa shape index (κ1) is 19.8. The molecule has 148 valence electrons. The minimum Gasteiger partial charge on any atom is -0.475 e. The molecule has 0 aliphatic heterocycles. The number of carbonyl (C=O) groups is 2. The Balaban J connectivity index is 1.58. The van der Waals surface area contributed by atoms with E-state index < -0.39 is 29.5 Å². The van der Waals surface area contributed by atoms with Gasteiger partial charge in [-0.05, 0) is 24.4 Å². The smallest absolute Gasteiger partial charge is 0.344 e. The number of amides is 1. The minimum atomic E-state index is -1.07. The zero-order valence-electron chi connectivity index (χ0n) is 15.5. The number of fused-ring (bicyclic) bond motifs is 1. The second kappa shape index (κ2) is 8.83. The topological polar surface area (TPSA) is 108 Å². The number of ether oxygens (including phenoxy) is 2. The maximum atomic E-state index is 12.4. The lowest BCUT2D eigenvalue weighted by Gasteiger charge is -2.15. The van der Waals surface area contributed by atoms with Crippen LogP contribution in [0.25, 0.3) is 10.8 Å². The predicted octanol–water partition coefficient (Wildman–Crippen LogP) is 3.70. The molecule has 8 heteroatoms. The van der Waals surface area contributed by atoms with E-state index in [1.54, 1.807) is 12.1 Å². The third kappa shape index (κ3) is 4.86. The Morgan fingerprint density at radius 1 is 1.03 bits per heavy atom. The minimum absolute atomic E-state index is 0.0534. The zero-order valence-corrected chi connectivity index (χ0v) is 15.5. The van der Waals surface area contributed by atoms with Crippen LogP contribution in [0.4, 0.5) is 11.4 Å². The molecule has 0 saturated carbocycles. The van der Waals surface area contributed by atoms with Crippen LogP contribution in [0.3, 0.4) is 0 Å². The predicted molar refractivity (Wildman–Crippen MR) is 107 cm³/mol. The van der Waals surface area contributed by atoms with Crippen molar-refractivity contribution in [2.24, 2.45) is 0 Å². The summed E-state index contributed by atoms with van der Waals surface area (Å²) in [6, 6.07) is 18.7. The first-order valence-electron chi connectivity index (χ1n) is 8.80. The zero-order chi connectivity index (χ0) is 20.8. The van der Waals surface area contributed by atoms with Gasteiger partial charge in [0.25, 0.3) is 5.91 Å². The Hall–Kier alpha value is -3.94. The lowest BCUT2D eigenvalue weighted by Crippen LogP contribution is -2.31. The van der Waals surface area contributed by atoms with Crippen molar-refractivity contribution in [2.75, 3.05) is 11.9 Å². The highest BCUT2D eigenvalue weighted by Gasteiger charge is 2.20. The average Bonchev–Trinajstić information content (AvgIpc) is 2.72. The molecule has 0 aromatic heterocycles. The maximum Gasteiger partial charge on any atom is 0.344 e. The summed E-state index contributed by atoms with van der Waals surface area (Å²) >= 11 is 0. The van der Waals surface area contributed by atoms with Gasteiger partial charge in [0, 0.05) is 17.1 Å². The molecule has 0 saturated heterocycles. The summed E-state index contributed by atoms with van der Waals surface area (Å²) in [5.74, 6) is -1.37. The first-order valence-corrected chi connectivity index (χ1v) is 8.80. The second-order valence-corrected chi connectivity index (χ2v) is 6.16. The van der Waals surface area contributed by atoms with Crippen LogP contribution in [-0.2, 0) is 14.3 Å². The number of hydrogen-bond acceptors (Lipinski definition) is 6. The molecule has 0 aliphatic rings. The van der Waals surface area contributed by atoms with Crippen LogP contribution in [0.2, 0.25) is 0 Å². The van der Waals surface area contributed by atoms with E-state index in [0.717, 1.165) is 10.8 Å². The number of anilines is 1. The van der Waals surface area contributed by atoms with Crippen LogP contribution in [0.5, 0.6) is 5.75 Å². The van der Waals surface area contributed by atoms with Crippen molar-refractivity contribution in [1.29, 1.82) is 0 Å². The van der Waals surface area contributed by atoms with Crippen molar-refractivity contribution in [1.82, 2.24) is 0 Å². The molecule has 29 heavy (non-hydrogen) atoms. The van der Waals surface area contributed by atoms with E-state index in [0.29, 0.717) is 5.69 Å². The normalized spacial score (nSPS) is 11.5. The molecule has 3 aromatic carbocycles. The maximum absolute atomic E-state index is 12.4. The number of hydrogen-bond donors (Lipinski definition) is 1. The molecule has 3 aromatic rings. The van der Waals surface area contributed by atoms with Crippen LogP contribution in [0, 0.1) is 10.1 Å². The van der Waals surface area contributed by atoms with Crippen LogP contribution < -0.4 is 10.1 Å². The fourth-order valence-electron chi connectivity index (χ4n) is 2.72. The van der Waals surface area contributed by atoms with Gasteiger partial charge < -0.3 is 14.8 Å². The number of esters is 1. The highest BCUT2D eigenvalue weighted by molar-refractivity contribution is 6.03. The standard InChI is InChI=1S/C21H18N2O6/c1-14(21(25)22-17-10-6-8-15-7-2-3-9-16(15)17)29-20(24)13-28-19-12-5-4-11-18(19)23(26)27/h2-12,14H,13H2,1H3,(H,22,25)/t14-/m0/s1. The van der Waals surface area contributed by atoms with Gasteiger partial charge in [0.05, 0.1) is 4.92 Å². The number of nitrogens with one attached hydrogen (secondary N) is 1. The molecule has 0 radical (unpaired) electrons.